The monoisotopic (exact) mass is 199 g/mol. The van der Waals surface area contributed by atoms with Crippen LogP contribution < -0.4 is 5.32 Å². The first-order valence-electron chi connectivity index (χ1n) is 4.42. The van der Waals surface area contributed by atoms with Crippen molar-refractivity contribution in [3.8, 4) is 0 Å². The van der Waals surface area contributed by atoms with Crippen LogP contribution in [0.15, 0.2) is 12.7 Å². The van der Waals surface area contributed by atoms with Gasteiger partial charge in [-0.1, -0.05) is 6.58 Å². The molecule has 0 bridgehead atoms. The van der Waals surface area contributed by atoms with Crippen molar-refractivity contribution in [2.24, 2.45) is 0 Å². The fraction of sp³-hybridized carbons (Fsp3) is 0.600. The van der Waals surface area contributed by atoms with Gasteiger partial charge in [0.1, 0.15) is 0 Å². The van der Waals surface area contributed by atoms with E-state index in [4.69, 9.17) is 0 Å². The van der Waals surface area contributed by atoms with Gasteiger partial charge in [-0.15, -0.1) is 0 Å². The van der Waals surface area contributed by atoms with Crippen molar-refractivity contribution in [3.63, 3.8) is 0 Å². The van der Waals surface area contributed by atoms with E-state index < -0.39 is 5.54 Å². The van der Waals surface area contributed by atoms with E-state index in [9.17, 15) is 9.59 Å². The molecular formula is C10H17NO3. The van der Waals surface area contributed by atoms with Crippen LogP contribution >= 0.6 is 0 Å². The van der Waals surface area contributed by atoms with E-state index in [1.807, 2.05) is 13.8 Å². The summed E-state index contributed by atoms with van der Waals surface area (Å²) in [5, 5.41) is 2.72. The van der Waals surface area contributed by atoms with Gasteiger partial charge in [-0.2, -0.15) is 0 Å². The molecule has 14 heavy (non-hydrogen) atoms. The standard InChI is InChI=1S/C10H17NO3/c1-5-8(12)11-10(2,3)7-6-9(13)14-4/h5H,1,6-7H2,2-4H3,(H,11,12). The lowest BCUT2D eigenvalue weighted by Crippen LogP contribution is -2.42. The van der Waals surface area contributed by atoms with Crippen molar-refractivity contribution >= 4 is 11.9 Å². The zero-order chi connectivity index (χ0) is 11.2. The van der Waals surface area contributed by atoms with Crippen LogP contribution in [0.3, 0.4) is 0 Å². The molecule has 0 rings (SSSR count). The highest BCUT2D eigenvalue weighted by atomic mass is 16.5. The van der Waals surface area contributed by atoms with Crippen LogP contribution in [0, 0.1) is 0 Å². The summed E-state index contributed by atoms with van der Waals surface area (Å²) in [5.41, 5.74) is -0.417. The van der Waals surface area contributed by atoms with Gasteiger partial charge in [-0.05, 0) is 26.3 Å². The summed E-state index contributed by atoms with van der Waals surface area (Å²) in [6.45, 7) is 7.04. The lowest BCUT2D eigenvalue weighted by Gasteiger charge is -2.24. The third-order valence-corrected chi connectivity index (χ3v) is 1.83. The van der Waals surface area contributed by atoms with E-state index in [0.717, 1.165) is 0 Å². The van der Waals surface area contributed by atoms with Gasteiger partial charge in [-0.3, -0.25) is 9.59 Å². The largest absolute Gasteiger partial charge is 0.469 e. The van der Waals surface area contributed by atoms with E-state index in [2.05, 4.69) is 16.6 Å². The van der Waals surface area contributed by atoms with Crippen LogP contribution in [-0.4, -0.2) is 24.5 Å². The molecule has 0 aromatic heterocycles. The predicted octanol–water partition coefficient (Wildman–Crippen LogP) is 1.02. The van der Waals surface area contributed by atoms with Gasteiger partial charge in [0.05, 0.1) is 7.11 Å². The smallest absolute Gasteiger partial charge is 0.305 e. The second-order valence-corrected chi connectivity index (χ2v) is 3.65. The average molecular weight is 199 g/mol. The van der Waals surface area contributed by atoms with Gasteiger partial charge in [0.15, 0.2) is 0 Å². The summed E-state index contributed by atoms with van der Waals surface area (Å²) in [6.07, 6.45) is 2.04. The second-order valence-electron chi connectivity index (χ2n) is 3.65. The van der Waals surface area contributed by atoms with E-state index in [1.165, 1.54) is 13.2 Å². The molecular weight excluding hydrogens is 182 g/mol. The molecule has 0 saturated heterocycles. The summed E-state index contributed by atoms with van der Waals surface area (Å²) in [7, 11) is 1.34. The van der Waals surface area contributed by atoms with Crippen molar-refractivity contribution in [3.05, 3.63) is 12.7 Å². The number of esters is 1. The summed E-state index contributed by atoms with van der Waals surface area (Å²) in [6, 6.07) is 0. The Morgan fingerprint density at radius 2 is 2.07 bits per heavy atom. The Morgan fingerprint density at radius 1 is 1.50 bits per heavy atom. The quantitative estimate of drug-likeness (QED) is 0.531. The minimum atomic E-state index is -0.417. The summed E-state index contributed by atoms with van der Waals surface area (Å²) < 4.78 is 4.51. The number of methoxy groups -OCH3 is 1. The normalized spacial score (nSPS) is 10.5. The molecule has 0 fully saturated rings. The van der Waals surface area contributed by atoms with Crippen molar-refractivity contribution in [2.45, 2.75) is 32.2 Å². The van der Waals surface area contributed by atoms with Gasteiger partial charge in [-0.25, -0.2) is 0 Å². The highest BCUT2D eigenvalue weighted by molar-refractivity contribution is 5.87. The molecule has 0 radical (unpaired) electrons. The first-order valence-corrected chi connectivity index (χ1v) is 4.42. The topological polar surface area (TPSA) is 55.4 Å². The number of carbonyl (C=O) groups excluding carboxylic acids is 2. The molecule has 80 valence electrons. The maximum atomic E-state index is 11.0. The molecule has 0 atom stereocenters. The predicted molar refractivity (Wildman–Crippen MR) is 53.7 cm³/mol. The summed E-state index contributed by atoms with van der Waals surface area (Å²) in [5.74, 6) is -0.509. The fourth-order valence-corrected chi connectivity index (χ4v) is 0.964. The Morgan fingerprint density at radius 3 is 2.50 bits per heavy atom. The lowest BCUT2D eigenvalue weighted by molar-refractivity contribution is -0.141. The van der Waals surface area contributed by atoms with Gasteiger partial charge in [0.2, 0.25) is 5.91 Å². The van der Waals surface area contributed by atoms with Crippen LogP contribution in [0.1, 0.15) is 26.7 Å². The molecule has 4 heteroatoms. The first-order chi connectivity index (χ1) is 6.41. The Balaban J connectivity index is 4.00. The number of nitrogens with one attached hydrogen (secondary N) is 1. The average Bonchev–Trinajstić information content (AvgIpc) is 2.13. The number of amides is 1. The molecule has 0 spiro atoms. The molecule has 1 N–H and O–H groups in total. The van der Waals surface area contributed by atoms with E-state index in [-0.39, 0.29) is 11.9 Å². The van der Waals surface area contributed by atoms with Crippen LogP contribution in [-0.2, 0) is 14.3 Å². The van der Waals surface area contributed by atoms with Gasteiger partial charge < -0.3 is 10.1 Å². The lowest BCUT2D eigenvalue weighted by atomic mass is 9.98. The maximum Gasteiger partial charge on any atom is 0.305 e. The van der Waals surface area contributed by atoms with Crippen molar-refractivity contribution < 1.29 is 14.3 Å². The summed E-state index contributed by atoms with van der Waals surface area (Å²) in [4.78, 5) is 21.9. The zero-order valence-electron chi connectivity index (χ0n) is 8.92. The SMILES string of the molecule is C=CC(=O)NC(C)(C)CCC(=O)OC. The molecule has 4 nitrogen and oxygen atoms in total. The van der Waals surface area contributed by atoms with Crippen molar-refractivity contribution in [1.82, 2.24) is 5.32 Å². The van der Waals surface area contributed by atoms with Crippen LogP contribution in [0.4, 0.5) is 0 Å². The van der Waals surface area contributed by atoms with E-state index >= 15 is 0 Å². The molecule has 0 aromatic rings. The Hall–Kier alpha value is -1.32. The Kier molecular flexibility index (Phi) is 4.91. The van der Waals surface area contributed by atoms with Gasteiger partial charge in [0.25, 0.3) is 0 Å². The van der Waals surface area contributed by atoms with Gasteiger partial charge >= 0.3 is 5.97 Å². The maximum absolute atomic E-state index is 11.0. The van der Waals surface area contributed by atoms with Crippen LogP contribution in [0.5, 0.6) is 0 Å². The Bertz CT molecular complexity index is 234. The van der Waals surface area contributed by atoms with E-state index in [0.29, 0.717) is 12.8 Å². The molecule has 0 heterocycles. The molecule has 0 unspecified atom stereocenters. The number of hydrogen-bond acceptors (Lipinski definition) is 3. The molecule has 0 aliphatic heterocycles. The molecule has 0 aromatic carbocycles. The fourth-order valence-electron chi connectivity index (χ4n) is 0.964. The molecule has 0 aliphatic rings. The highest BCUT2D eigenvalue weighted by Gasteiger charge is 2.20. The second kappa shape index (κ2) is 5.42. The molecule has 0 aliphatic carbocycles. The minimum absolute atomic E-state index is 0.236. The van der Waals surface area contributed by atoms with Crippen LogP contribution in [0.25, 0.3) is 0 Å². The van der Waals surface area contributed by atoms with Crippen LogP contribution in [0.2, 0.25) is 0 Å². The minimum Gasteiger partial charge on any atom is -0.469 e. The Labute approximate surface area is 84.3 Å². The zero-order valence-corrected chi connectivity index (χ0v) is 8.92. The first kappa shape index (κ1) is 12.7. The third kappa shape index (κ3) is 5.35. The van der Waals surface area contributed by atoms with E-state index in [1.54, 1.807) is 0 Å². The van der Waals surface area contributed by atoms with Gasteiger partial charge in [0, 0.05) is 12.0 Å². The number of carbonyl (C=O) groups is 2. The number of rotatable bonds is 5. The molecule has 1 amide bonds. The number of hydrogen-bond donors (Lipinski definition) is 1. The highest BCUT2D eigenvalue weighted by Crippen LogP contribution is 2.11. The molecule has 0 saturated carbocycles. The summed E-state index contributed by atoms with van der Waals surface area (Å²) >= 11 is 0. The van der Waals surface area contributed by atoms with Crippen molar-refractivity contribution in [2.75, 3.05) is 7.11 Å². The third-order valence-electron chi connectivity index (χ3n) is 1.83. The van der Waals surface area contributed by atoms with Crippen molar-refractivity contribution in [1.29, 1.82) is 0 Å². The number of ether oxygens (including phenoxy) is 1.